The molecule has 0 saturated carbocycles. The van der Waals surface area contributed by atoms with Gasteiger partial charge in [-0.2, -0.15) is 0 Å². The SMILES string of the molecule is C=CCOC(=O)c1c(N)n(-c2ccc(OC)cc2OC)c2nc3ccccc3nc12. The number of hydrogen-bond donors (Lipinski definition) is 1. The molecule has 0 amide bonds. The summed E-state index contributed by atoms with van der Waals surface area (Å²) in [6, 6.07) is 12.7. The molecule has 0 spiro atoms. The van der Waals surface area contributed by atoms with Crippen LogP contribution in [0.5, 0.6) is 11.5 Å². The average Bonchev–Trinajstić information content (AvgIpc) is 3.05. The summed E-state index contributed by atoms with van der Waals surface area (Å²) in [5.74, 6) is 0.665. The molecule has 2 aromatic heterocycles. The Balaban J connectivity index is 2.06. The monoisotopic (exact) mass is 404 g/mol. The fourth-order valence-corrected chi connectivity index (χ4v) is 3.28. The number of nitrogens with zero attached hydrogens (tertiary/aromatic N) is 3. The molecule has 8 heteroatoms. The summed E-state index contributed by atoms with van der Waals surface area (Å²) in [5.41, 5.74) is 9.25. The Morgan fingerprint density at radius 2 is 1.87 bits per heavy atom. The molecule has 0 atom stereocenters. The normalized spacial score (nSPS) is 10.9. The van der Waals surface area contributed by atoms with Crippen LogP contribution in [0.2, 0.25) is 0 Å². The molecule has 0 fully saturated rings. The first-order valence-corrected chi connectivity index (χ1v) is 9.16. The van der Waals surface area contributed by atoms with Crippen LogP contribution in [0.1, 0.15) is 10.4 Å². The maximum Gasteiger partial charge on any atom is 0.344 e. The molecule has 0 radical (unpaired) electrons. The van der Waals surface area contributed by atoms with E-state index >= 15 is 0 Å². The van der Waals surface area contributed by atoms with E-state index in [-0.39, 0.29) is 18.0 Å². The first-order chi connectivity index (χ1) is 14.6. The maximum atomic E-state index is 12.8. The van der Waals surface area contributed by atoms with Gasteiger partial charge in [-0.05, 0) is 24.3 Å². The number of nitrogens with two attached hydrogens (primary N) is 1. The van der Waals surface area contributed by atoms with Crippen molar-refractivity contribution in [2.24, 2.45) is 0 Å². The van der Waals surface area contributed by atoms with Crippen LogP contribution in [0, 0.1) is 0 Å². The van der Waals surface area contributed by atoms with Gasteiger partial charge in [-0.3, -0.25) is 4.57 Å². The van der Waals surface area contributed by atoms with Crippen LogP contribution in [0.3, 0.4) is 0 Å². The molecule has 2 heterocycles. The molecule has 4 aromatic rings. The Kier molecular flexibility index (Phi) is 4.97. The van der Waals surface area contributed by atoms with Gasteiger partial charge in [-0.15, -0.1) is 0 Å². The Bertz CT molecular complexity index is 1280. The topological polar surface area (TPSA) is 101 Å². The highest BCUT2D eigenvalue weighted by Gasteiger charge is 2.27. The van der Waals surface area contributed by atoms with Crippen LogP contribution in [0.25, 0.3) is 27.9 Å². The number of carbonyl (C=O) groups excluding carboxylic acids is 1. The van der Waals surface area contributed by atoms with Gasteiger partial charge < -0.3 is 19.9 Å². The number of fused-ring (bicyclic) bond motifs is 2. The standard InChI is InChI=1S/C22H20N4O4/c1-4-11-30-22(27)18-19-21(25-15-8-6-5-7-14(15)24-19)26(20(18)23)16-10-9-13(28-2)12-17(16)29-3/h4-10,12H,1,11,23H2,2-3H3. The molecule has 0 bridgehead atoms. The Morgan fingerprint density at radius 3 is 2.53 bits per heavy atom. The fraction of sp³-hybridized carbons (Fsp3) is 0.136. The lowest BCUT2D eigenvalue weighted by molar-refractivity contribution is 0.0553. The summed E-state index contributed by atoms with van der Waals surface area (Å²) in [6.07, 6.45) is 1.49. The third-order valence-corrected chi connectivity index (χ3v) is 4.66. The average molecular weight is 404 g/mol. The van der Waals surface area contributed by atoms with Gasteiger partial charge in [-0.1, -0.05) is 24.8 Å². The molecule has 8 nitrogen and oxygen atoms in total. The number of anilines is 1. The highest BCUT2D eigenvalue weighted by atomic mass is 16.5. The molecule has 0 aliphatic carbocycles. The zero-order chi connectivity index (χ0) is 21.3. The van der Waals surface area contributed by atoms with Crippen molar-refractivity contribution in [1.29, 1.82) is 0 Å². The number of methoxy groups -OCH3 is 2. The molecular weight excluding hydrogens is 384 g/mol. The summed E-state index contributed by atoms with van der Waals surface area (Å²) in [5, 5.41) is 0. The molecule has 0 aliphatic rings. The smallest absolute Gasteiger partial charge is 0.344 e. The number of hydrogen-bond acceptors (Lipinski definition) is 7. The Hall–Kier alpha value is -4.07. The van der Waals surface area contributed by atoms with Crippen molar-refractivity contribution in [3.63, 3.8) is 0 Å². The molecule has 152 valence electrons. The third-order valence-electron chi connectivity index (χ3n) is 4.66. The van der Waals surface area contributed by atoms with Crippen molar-refractivity contribution in [2.45, 2.75) is 0 Å². The zero-order valence-corrected chi connectivity index (χ0v) is 16.6. The van der Waals surface area contributed by atoms with Gasteiger partial charge in [0.2, 0.25) is 0 Å². The van der Waals surface area contributed by atoms with E-state index in [2.05, 4.69) is 11.6 Å². The lowest BCUT2D eigenvalue weighted by Gasteiger charge is -2.13. The molecular formula is C22H20N4O4. The number of carbonyl (C=O) groups is 1. The number of nitrogen functional groups attached to an aromatic ring is 1. The van der Waals surface area contributed by atoms with Crippen molar-refractivity contribution in [2.75, 3.05) is 26.6 Å². The minimum Gasteiger partial charge on any atom is -0.497 e. The highest BCUT2D eigenvalue weighted by molar-refractivity contribution is 6.09. The molecule has 2 aromatic carbocycles. The van der Waals surface area contributed by atoms with Crippen molar-refractivity contribution >= 4 is 34.0 Å². The Morgan fingerprint density at radius 1 is 1.13 bits per heavy atom. The summed E-state index contributed by atoms with van der Waals surface area (Å²) in [4.78, 5) is 22.2. The van der Waals surface area contributed by atoms with E-state index in [4.69, 9.17) is 24.9 Å². The van der Waals surface area contributed by atoms with Crippen molar-refractivity contribution in [3.8, 4) is 17.2 Å². The lowest BCUT2D eigenvalue weighted by atomic mass is 10.2. The second kappa shape index (κ2) is 7.75. The number of aromatic nitrogens is 3. The van der Waals surface area contributed by atoms with E-state index in [0.29, 0.717) is 39.4 Å². The molecule has 0 unspecified atom stereocenters. The van der Waals surface area contributed by atoms with Gasteiger partial charge in [0.05, 0.1) is 30.9 Å². The summed E-state index contributed by atoms with van der Waals surface area (Å²) in [6.45, 7) is 3.63. The van der Waals surface area contributed by atoms with Crippen LogP contribution in [-0.2, 0) is 4.74 Å². The molecule has 0 aliphatic heterocycles. The number of para-hydroxylation sites is 2. The second-order valence-electron chi connectivity index (χ2n) is 6.41. The van der Waals surface area contributed by atoms with Gasteiger partial charge in [0, 0.05) is 6.07 Å². The zero-order valence-electron chi connectivity index (χ0n) is 16.6. The summed E-state index contributed by atoms with van der Waals surface area (Å²) in [7, 11) is 3.11. The van der Waals surface area contributed by atoms with Crippen LogP contribution < -0.4 is 15.2 Å². The molecule has 0 saturated heterocycles. The summed E-state index contributed by atoms with van der Waals surface area (Å²) < 4.78 is 17.7. The largest absolute Gasteiger partial charge is 0.497 e. The van der Waals surface area contributed by atoms with E-state index < -0.39 is 5.97 Å². The fourth-order valence-electron chi connectivity index (χ4n) is 3.28. The number of benzene rings is 2. The van der Waals surface area contributed by atoms with E-state index in [1.165, 1.54) is 6.08 Å². The first kappa shape index (κ1) is 19.3. The quantitative estimate of drug-likeness (QED) is 0.387. The van der Waals surface area contributed by atoms with Crippen molar-refractivity contribution in [3.05, 3.63) is 60.7 Å². The van der Waals surface area contributed by atoms with Gasteiger partial charge in [-0.25, -0.2) is 14.8 Å². The van der Waals surface area contributed by atoms with Crippen LogP contribution >= 0.6 is 0 Å². The van der Waals surface area contributed by atoms with Crippen LogP contribution in [0.15, 0.2) is 55.1 Å². The number of ether oxygens (including phenoxy) is 3. The van der Waals surface area contributed by atoms with E-state index in [1.54, 1.807) is 37.0 Å². The lowest BCUT2D eigenvalue weighted by Crippen LogP contribution is -2.09. The predicted octanol–water partition coefficient (Wildman–Crippen LogP) is 3.52. The molecule has 2 N–H and O–H groups in total. The maximum absolute atomic E-state index is 12.8. The van der Waals surface area contributed by atoms with Crippen LogP contribution in [0.4, 0.5) is 5.82 Å². The molecule has 30 heavy (non-hydrogen) atoms. The van der Waals surface area contributed by atoms with Crippen LogP contribution in [-0.4, -0.2) is 41.3 Å². The van der Waals surface area contributed by atoms with Gasteiger partial charge in [0.15, 0.2) is 5.65 Å². The summed E-state index contributed by atoms with van der Waals surface area (Å²) >= 11 is 0. The number of rotatable bonds is 6. The minimum atomic E-state index is -0.604. The minimum absolute atomic E-state index is 0.0534. The van der Waals surface area contributed by atoms with Gasteiger partial charge in [0.1, 0.15) is 35.0 Å². The van der Waals surface area contributed by atoms with E-state index in [0.717, 1.165) is 0 Å². The predicted molar refractivity (Wildman–Crippen MR) is 114 cm³/mol. The first-order valence-electron chi connectivity index (χ1n) is 9.16. The van der Waals surface area contributed by atoms with E-state index in [9.17, 15) is 4.79 Å². The van der Waals surface area contributed by atoms with Gasteiger partial charge in [0.25, 0.3) is 0 Å². The second-order valence-corrected chi connectivity index (χ2v) is 6.41. The number of esters is 1. The third kappa shape index (κ3) is 3.08. The highest BCUT2D eigenvalue weighted by Crippen LogP contribution is 2.36. The van der Waals surface area contributed by atoms with Crippen molar-refractivity contribution in [1.82, 2.24) is 14.5 Å². The Labute approximate surface area is 172 Å². The van der Waals surface area contributed by atoms with E-state index in [1.807, 2.05) is 24.3 Å². The van der Waals surface area contributed by atoms with Crippen molar-refractivity contribution < 1.29 is 19.0 Å². The van der Waals surface area contributed by atoms with Gasteiger partial charge >= 0.3 is 5.97 Å². The molecule has 4 rings (SSSR count).